The molecule has 5 heteroatoms. The fourth-order valence-corrected chi connectivity index (χ4v) is 1.95. The predicted octanol–water partition coefficient (Wildman–Crippen LogP) is 1.22. The van der Waals surface area contributed by atoms with Crippen molar-refractivity contribution in [3.05, 3.63) is 35.4 Å². The van der Waals surface area contributed by atoms with Crippen LogP contribution in [0.3, 0.4) is 0 Å². The maximum atomic E-state index is 12.0. The number of Topliss-reactive ketones (excluding diaryl/α,β-unsaturated/α-hetero) is 2. The third-order valence-corrected chi connectivity index (χ3v) is 2.97. The van der Waals surface area contributed by atoms with Gasteiger partial charge in [-0.3, -0.25) is 19.3 Å². The van der Waals surface area contributed by atoms with E-state index in [-0.39, 0.29) is 31.0 Å². The number of imide groups is 1. The van der Waals surface area contributed by atoms with Crippen molar-refractivity contribution in [3.63, 3.8) is 0 Å². The van der Waals surface area contributed by atoms with Gasteiger partial charge in [0.1, 0.15) is 5.78 Å². The Balaban J connectivity index is 2.08. The Morgan fingerprint density at radius 2 is 1.53 bits per heavy atom. The van der Waals surface area contributed by atoms with Crippen LogP contribution in [0.1, 0.15) is 40.5 Å². The first-order valence-electron chi connectivity index (χ1n) is 5.97. The summed E-state index contributed by atoms with van der Waals surface area (Å²) in [5.41, 5.74) is 0.652. The van der Waals surface area contributed by atoms with Gasteiger partial charge in [0, 0.05) is 12.8 Å². The smallest absolute Gasteiger partial charge is 0.261 e. The Bertz CT molecular complexity index is 542. The second kappa shape index (κ2) is 5.14. The highest BCUT2D eigenvalue weighted by molar-refractivity contribution is 6.22. The van der Waals surface area contributed by atoms with Gasteiger partial charge in [-0.25, -0.2) is 0 Å². The summed E-state index contributed by atoms with van der Waals surface area (Å²) in [5, 5.41) is 0. The van der Waals surface area contributed by atoms with Crippen molar-refractivity contribution in [2.45, 2.75) is 19.8 Å². The standard InChI is InChI=1S/C14H13NO4/c1-9(16)6-7-10(17)8-15-13(18)11-4-2-3-5-12(11)14(15)19/h2-5H,6-8H2,1H3. The van der Waals surface area contributed by atoms with E-state index in [4.69, 9.17) is 0 Å². The van der Waals surface area contributed by atoms with Crippen molar-refractivity contribution < 1.29 is 19.2 Å². The maximum Gasteiger partial charge on any atom is 0.261 e. The highest BCUT2D eigenvalue weighted by atomic mass is 16.2. The molecule has 0 aromatic heterocycles. The third-order valence-electron chi connectivity index (χ3n) is 2.97. The van der Waals surface area contributed by atoms with Crippen molar-refractivity contribution in [2.24, 2.45) is 0 Å². The second-order valence-electron chi connectivity index (χ2n) is 4.48. The number of hydrogen-bond donors (Lipinski definition) is 0. The number of fused-ring (bicyclic) bond motifs is 1. The van der Waals surface area contributed by atoms with Crippen LogP contribution in [0.5, 0.6) is 0 Å². The summed E-state index contributed by atoms with van der Waals surface area (Å²) in [6, 6.07) is 6.47. The molecule has 0 spiro atoms. The molecule has 0 fully saturated rings. The molecule has 1 aliphatic rings. The van der Waals surface area contributed by atoms with Crippen molar-refractivity contribution in [1.29, 1.82) is 0 Å². The minimum atomic E-state index is -0.447. The number of rotatable bonds is 5. The Morgan fingerprint density at radius 3 is 2.00 bits per heavy atom. The van der Waals surface area contributed by atoms with Crippen molar-refractivity contribution in [2.75, 3.05) is 6.54 Å². The highest BCUT2D eigenvalue weighted by Crippen LogP contribution is 2.22. The van der Waals surface area contributed by atoms with Gasteiger partial charge in [0.15, 0.2) is 5.78 Å². The lowest BCUT2D eigenvalue weighted by atomic mass is 10.1. The maximum absolute atomic E-state index is 12.0. The van der Waals surface area contributed by atoms with Crippen LogP contribution in [-0.4, -0.2) is 34.8 Å². The molecule has 0 bridgehead atoms. The van der Waals surface area contributed by atoms with Crippen LogP contribution in [0.2, 0.25) is 0 Å². The molecule has 1 heterocycles. The molecule has 2 rings (SSSR count). The molecule has 19 heavy (non-hydrogen) atoms. The van der Waals surface area contributed by atoms with Gasteiger partial charge in [0.25, 0.3) is 11.8 Å². The van der Waals surface area contributed by atoms with E-state index < -0.39 is 11.8 Å². The van der Waals surface area contributed by atoms with Gasteiger partial charge >= 0.3 is 0 Å². The van der Waals surface area contributed by atoms with Crippen molar-refractivity contribution in [1.82, 2.24) is 4.90 Å². The molecular formula is C14H13NO4. The van der Waals surface area contributed by atoms with Gasteiger partial charge in [0.05, 0.1) is 17.7 Å². The van der Waals surface area contributed by atoms with E-state index >= 15 is 0 Å². The third kappa shape index (κ3) is 2.59. The summed E-state index contributed by atoms with van der Waals surface area (Å²) in [6.45, 7) is 1.13. The van der Waals surface area contributed by atoms with E-state index in [0.29, 0.717) is 11.1 Å². The fourth-order valence-electron chi connectivity index (χ4n) is 1.95. The quantitative estimate of drug-likeness (QED) is 0.745. The molecule has 0 radical (unpaired) electrons. The van der Waals surface area contributed by atoms with E-state index in [9.17, 15) is 19.2 Å². The highest BCUT2D eigenvalue weighted by Gasteiger charge is 2.35. The van der Waals surface area contributed by atoms with Gasteiger partial charge in [0.2, 0.25) is 0 Å². The zero-order chi connectivity index (χ0) is 14.0. The number of benzene rings is 1. The van der Waals surface area contributed by atoms with Gasteiger partial charge in [-0.05, 0) is 19.1 Å². The number of carbonyl (C=O) groups excluding carboxylic acids is 4. The molecule has 2 amide bonds. The molecule has 0 saturated carbocycles. The molecule has 1 aromatic carbocycles. The molecule has 5 nitrogen and oxygen atoms in total. The minimum Gasteiger partial charge on any atom is -0.300 e. The summed E-state index contributed by atoms with van der Waals surface area (Å²) < 4.78 is 0. The first-order valence-corrected chi connectivity index (χ1v) is 5.97. The summed E-state index contributed by atoms with van der Waals surface area (Å²) in [4.78, 5) is 47.3. The molecule has 1 aromatic rings. The lowest BCUT2D eigenvalue weighted by Gasteiger charge is -2.12. The Labute approximate surface area is 110 Å². The number of carbonyl (C=O) groups is 4. The summed E-state index contributed by atoms with van der Waals surface area (Å²) in [5.74, 6) is -1.27. The molecule has 0 unspecified atom stereocenters. The van der Waals surface area contributed by atoms with E-state index in [1.54, 1.807) is 24.3 Å². The molecule has 0 saturated heterocycles. The van der Waals surface area contributed by atoms with Gasteiger partial charge in [-0.1, -0.05) is 12.1 Å². The topological polar surface area (TPSA) is 71.5 Å². The van der Waals surface area contributed by atoms with Crippen LogP contribution in [0, 0.1) is 0 Å². The van der Waals surface area contributed by atoms with Crippen LogP contribution in [0.4, 0.5) is 0 Å². The van der Waals surface area contributed by atoms with E-state index in [2.05, 4.69) is 0 Å². The first-order chi connectivity index (χ1) is 9.00. The number of amides is 2. The number of ketones is 2. The van der Waals surface area contributed by atoms with Gasteiger partial charge < -0.3 is 4.79 Å². The van der Waals surface area contributed by atoms with Crippen LogP contribution in [0.25, 0.3) is 0 Å². The number of nitrogens with zero attached hydrogens (tertiary/aromatic N) is 1. The van der Waals surface area contributed by atoms with Crippen molar-refractivity contribution in [3.8, 4) is 0 Å². The Hall–Kier alpha value is -2.30. The predicted molar refractivity (Wildman–Crippen MR) is 66.7 cm³/mol. The second-order valence-corrected chi connectivity index (χ2v) is 4.48. The molecule has 0 N–H and O–H groups in total. The zero-order valence-corrected chi connectivity index (χ0v) is 10.5. The zero-order valence-electron chi connectivity index (χ0n) is 10.5. The molecule has 0 atom stereocenters. The van der Waals surface area contributed by atoms with Gasteiger partial charge in [-0.15, -0.1) is 0 Å². The lowest BCUT2D eigenvalue weighted by Crippen LogP contribution is -2.34. The normalized spacial score (nSPS) is 13.6. The van der Waals surface area contributed by atoms with Crippen LogP contribution < -0.4 is 0 Å². The Morgan fingerprint density at radius 1 is 1.00 bits per heavy atom. The molecule has 1 aliphatic heterocycles. The molecular weight excluding hydrogens is 246 g/mol. The van der Waals surface area contributed by atoms with Crippen LogP contribution in [-0.2, 0) is 9.59 Å². The van der Waals surface area contributed by atoms with Crippen molar-refractivity contribution >= 4 is 23.4 Å². The van der Waals surface area contributed by atoms with E-state index in [1.165, 1.54) is 6.92 Å². The first kappa shape index (κ1) is 13.1. The molecule has 0 aliphatic carbocycles. The fraction of sp³-hybridized carbons (Fsp3) is 0.286. The Kier molecular flexibility index (Phi) is 3.55. The van der Waals surface area contributed by atoms with E-state index in [0.717, 1.165) is 4.90 Å². The SMILES string of the molecule is CC(=O)CCC(=O)CN1C(=O)c2ccccc2C1=O. The summed E-state index contributed by atoms with van der Waals surface area (Å²) in [6.07, 6.45) is 0.199. The lowest BCUT2D eigenvalue weighted by molar-refractivity contribution is -0.123. The monoisotopic (exact) mass is 259 g/mol. The minimum absolute atomic E-state index is 0.0583. The summed E-state index contributed by atoms with van der Waals surface area (Å²) in [7, 11) is 0. The van der Waals surface area contributed by atoms with Crippen LogP contribution in [0.15, 0.2) is 24.3 Å². The average Bonchev–Trinajstić information content (AvgIpc) is 2.62. The summed E-state index contributed by atoms with van der Waals surface area (Å²) >= 11 is 0. The van der Waals surface area contributed by atoms with Gasteiger partial charge in [-0.2, -0.15) is 0 Å². The van der Waals surface area contributed by atoms with E-state index in [1.807, 2.05) is 0 Å². The number of hydrogen-bond acceptors (Lipinski definition) is 4. The van der Waals surface area contributed by atoms with Crippen LogP contribution >= 0.6 is 0 Å². The largest absolute Gasteiger partial charge is 0.300 e. The molecule has 98 valence electrons. The average molecular weight is 259 g/mol.